The lowest BCUT2D eigenvalue weighted by Gasteiger charge is -2.27. The Morgan fingerprint density at radius 1 is 1.32 bits per heavy atom. The first-order valence-corrected chi connectivity index (χ1v) is 11.0. The number of amides is 1. The van der Waals surface area contributed by atoms with Gasteiger partial charge in [0, 0.05) is 37.5 Å². The first-order valence-electron chi connectivity index (χ1n) is 9.76. The van der Waals surface area contributed by atoms with Crippen LogP contribution in [0.3, 0.4) is 0 Å². The van der Waals surface area contributed by atoms with Crippen LogP contribution in [0.5, 0.6) is 0 Å². The predicted octanol–water partition coefficient (Wildman–Crippen LogP) is 4.72. The third kappa shape index (κ3) is 6.03. The summed E-state index contributed by atoms with van der Waals surface area (Å²) in [5.41, 5.74) is 1.30. The lowest BCUT2D eigenvalue weighted by Crippen LogP contribution is -2.30. The van der Waals surface area contributed by atoms with Gasteiger partial charge in [-0.25, -0.2) is 18.6 Å². The molecular formula is C20H25F2N5O3S. The smallest absolute Gasteiger partial charge is 0.411 e. The first-order chi connectivity index (χ1) is 14.8. The van der Waals surface area contributed by atoms with Crippen molar-refractivity contribution in [1.82, 2.24) is 9.97 Å². The van der Waals surface area contributed by atoms with Crippen molar-refractivity contribution in [3.63, 3.8) is 0 Å². The zero-order valence-corrected chi connectivity index (χ0v) is 17.7. The van der Waals surface area contributed by atoms with Gasteiger partial charge in [-0.1, -0.05) is 0 Å². The minimum absolute atomic E-state index is 0. The van der Waals surface area contributed by atoms with Crippen LogP contribution < -0.4 is 10.6 Å². The standard InChI is InChI=1S/C20H23F2N5O3S.H2/c1-2-30-19(28)27-15-8-14(10-24-11-15)26-18-13(9-23)7-17(12-25-18)31(29)16-3-5-20(21,22)6-4-16;/h7-12,16,23H,2-6H2,1H3,(H,25,26)(H,27,28);1H. The predicted molar refractivity (Wildman–Crippen MR) is 116 cm³/mol. The highest BCUT2D eigenvalue weighted by Gasteiger charge is 2.37. The molecule has 1 aliphatic rings. The molecule has 0 saturated heterocycles. The molecule has 0 aromatic carbocycles. The van der Waals surface area contributed by atoms with Crippen molar-refractivity contribution in [3.8, 4) is 0 Å². The summed E-state index contributed by atoms with van der Waals surface area (Å²) in [6.07, 6.45) is 4.69. The highest BCUT2D eigenvalue weighted by atomic mass is 32.2. The summed E-state index contributed by atoms with van der Waals surface area (Å²) in [7, 11) is -1.48. The Bertz CT molecular complexity index is 985. The third-order valence-corrected chi connectivity index (χ3v) is 6.53. The molecule has 1 fully saturated rings. The lowest BCUT2D eigenvalue weighted by molar-refractivity contribution is -0.0326. The molecular weight excluding hydrogens is 428 g/mol. The summed E-state index contributed by atoms with van der Waals surface area (Å²) in [6, 6.07) is 3.19. The first kappa shape index (κ1) is 22.7. The van der Waals surface area contributed by atoms with E-state index in [1.165, 1.54) is 18.6 Å². The van der Waals surface area contributed by atoms with Crippen molar-refractivity contribution in [2.75, 3.05) is 17.2 Å². The molecule has 2 heterocycles. The van der Waals surface area contributed by atoms with Crippen LogP contribution in [0.2, 0.25) is 0 Å². The monoisotopic (exact) mass is 453 g/mol. The summed E-state index contributed by atoms with van der Waals surface area (Å²) < 4.78 is 44.4. The number of ether oxygens (including phenoxy) is 1. The molecule has 31 heavy (non-hydrogen) atoms. The SMILES string of the molecule is CCOC(=O)Nc1cncc(Nc2ncc(S(=O)C3CCC(F)(F)CC3)cc2C=N)c1.[HH]. The molecule has 0 aliphatic heterocycles. The van der Waals surface area contributed by atoms with E-state index >= 15 is 0 Å². The fourth-order valence-electron chi connectivity index (χ4n) is 3.20. The van der Waals surface area contributed by atoms with Crippen LogP contribution in [0.4, 0.5) is 30.8 Å². The molecule has 0 bridgehead atoms. The van der Waals surface area contributed by atoms with Gasteiger partial charge in [0.2, 0.25) is 5.92 Å². The highest BCUT2D eigenvalue weighted by Crippen LogP contribution is 2.36. The molecule has 1 saturated carbocycles. The number of nitrogens with zero attached hydrogens (tertiary/aromatic N) is 2. The van der Waals surface area contributed by atoms with Gasteiger partial charge in [0.1, 0.15) is 5.82 Å². The summed E-state index contributed by atoms with van der Waals surface area (Å²) in [6.45, 7) is 1.93. The normalized spacial score (nSPS) is 16.9. The minimum Gasteiger partial charge on any atom is -0.450 e. The number of carbonyl (C=O) groups is 1. The van der Waals surface area contributed by atoms with E-state index < -0.39 is 22.8 Å². The van der Waals surface area contributed by atoms with Gasteiger partial charge < -0.3 is 15.5 Å². The number of hydrogen-bond acceptors (Lipinski definition) is 7. The van der Waals surface area contributed by atoms with E-state index in [0.29, 0.717) is 27.7 Å². The third-order valence-electron chi connectivity index (χ3n) is 4.77. The quantitative estimate of drug-likeness (QED) is 0.523. The van der Waals surface area contributed by atoms with Gasteiger partial charge >= 0.3 is 6.09 Å². The zero-order chi connectivity index (χ0) is 22.4. The summed E-state index contributed by atoms with van der Waals surface area (Å²) >= 11 is 0. The Morgan fingerprint density at radius 2 is 2.03 bits per heavy atom. The molecule has 1 atom stereocenters. The van der Waals surface area contributed by atoms with Crippen LogP contribution in [-0.2, 0) is 15.5 Å². The Kier molecular flexibility index (Phi) is 7.26. The highest BCUT2D eigenvalue weighted by molar-refractivity contribution is 7.85. The van der Waals surface area contributed by atoms with Crippen LogP contribution in [-0.4, -0.2) is 44.3 Å². The van der Waals surface area contributed by atoms with Crippen LogP contribution in [0.25, 0.3) is 0 Å². The zero-order valence-electron chi connectivity index (χ0n) is 16.9. The molecule has 2 aromatic heterocycles. The molecule has 11 heteroatoms. The van der Waals surface area contributed by atoms with Crippen molar-refractivity contribution in [2.45, 2.75) is 48.7 Å². The maximum Gasteiger partial charge on any atom is 0.411 e. The summed E-state index contributed by atoms with van der Waals surface area (Å²) in [5, 5.41) is 12.9. The van der Waals surface area contributed by atoms with Gasteiger partial charge in [-0.3, -0.25) is 14.5 Å². The number of hydrogen-bond donors (Lipinski definition) is 3. The van der Waals surface area contributed by atoms with E-state index in [2.05, 4.69) is 20.6 Å². The van der Waals surface area contributed by atoms with Crippen LogP contribution >= 0.6 is 0 Å². The van der Waals surface area contributed by atoms with Gasteiger partial charge in [0.05, 0.1) is 46.1 Å². The lowest BCUT2D eigenvalue weighted by atomic mass is 9.96. The molecule has 1 aliphatic carbocycles. The number of anilines is 3. The minimum atomic E-state index is -2.68. The van der Waals surface area contributed by atoms with E-state index in [1.807, 2.05) is 0 Å². The van der Waals surface area contributed by atoms with Gasteiger partial charge in [0.15, 0.2) is 0 Å². The van der Waals surface area contributed by atoms with Gasteiger partial charge in [0.25, 0.3) is 0 Å². The van der Waals surface area contributed by atoms with Crippen molar-refractivity contribution in [2.24, 2.45) is 0 Å². The molecule has 0 spiro atoms. The number of aromatic nitrogens is 2. The van der Waals surface area contributed by atoms with E-state index in [1.54, 1.807) is 19.1 Å². The Morgan fingerprint density at radius 3 is 2.71 bits per heavy atom. The van der Waals surface area contributed by atoms with Crippen molar-refractivity contribution >= 4 is 40.3 Å². The van der Waals surface area contributed by atoms with Crippen LogP contribution in [0.15, 0.2) is 35.6 Å². The molecule has 2 aromatic rings. The van der Waals surface area contributed by atoms with Gasteiger partial charge in [-0.15, -0.1) is 0 Å². The fraction of sp³-hybridized carbons (Fsp3) is 0.400. The number of rotatable bonds is 7. The van der Waals surface area contributed by atoms with Gasteiger partial charge in [-0.05, 0) is 31.9 Å². The second-order valence-electron chi connectivity index (χ2n) is 7.04. The molecule has 1 amide bonds. The maximum absolute atomic E-state index is 13.4. The second-order valence-corrected chi connectivity index (χ2v) is 8.77. The Balaban J connectivity index is 0.00000363. The number of halogens is 2. The number of alkyl halides is 2. The second kappa shape index (κ2) is 9.90. The Hall–Kier alpha value is -2.95. The van der Waals surface area contributed by atoms with E-state index in [4.69, 9.17) is 10.1 Å². The molecule has 0 radical (unpaired) electrons. The maximum atomic E-state index is 13.4. The average Bonchev–Trinajstić information content (AvgIpc) is 2.74. The van der Waals surface area contributed by atoms with E-state index in [9.17, 15) is 17.8 Å². The fourth-order valence-corrected chi connectivity index (χ4v) is 4.65. The molecule has 3 rings (SSSR count). The number of pyridine rings is 2. The summed E-state index contributed by atoms with van der Waals surface area (Å²) in [4.78, 5) is 20.3. The van der Waals surface area contributed by atoms with Crippen molar-refractivity contribution in [1.29, 1.82) is 5.41 Å². The van der Waals surface area contributed by atoms with Gasteiger partial charge in [-0.2, -0.15) is 0 Å². The molecule has 3 N–H and O–H groups in total. The number of nitrogens with one attached hydrogen (secondary N) is 3. The van der Waals surface area contributed by atoms with Crippen LogP contribution in [0.1, 0.15) is 39.6 Å². The van der Waals surface area contributed by atoms with E-state index in [0.717, 1.165) is 6.21 Å². The molecule has 168 valence electrons. The van der Waals surface area contributed by atoms with Crippen molar-refractivity contribution in [3.05, 3.63) is 36.3 Å². The van der Waals surface area contributed by atoms with E-state index in [-0.39, 0.29) is 39.0 Å². The number of carbonyl (C=O) groups excluding carboxylic acids is 1. The summed E-state index contributed by atoms with van der Waals surface area (Å²) in [5.74, 6) is -2.35. The molecule has 1 unspecified atom stereocenters. The average molecular weight is 454 g/mol. The Labute approximate surface area is 182 Å². The topological polar surface area (TPSA) is 117 Å². The van der Waals surface area contributed by atoms with Crippen molar-refractivity contribution < 1.29 is 23.9 Å². The largest absolute Gasteiger partial charge is 0.450 e. The van der Waals surface area contributed by atoms with Crippen LogP contribution in [0, 0.1) is 5.41 Å². The molecule has 8 nitrogen and oxygen atoms in total.